The van der Waals surface area contributed by atoms with E-state index >= 15 is 0 Å². The largest absolute Gasteiger partial charge is 0.402 e. The zero-order valence-corrected chi connectivity index (χ0v) is 10.4. The molecule has 0 saturated carbocycles. The number of allylic oxidation sites excluding steroid dienone is 2. The minimum absolute atomic E-state index is 0.141. The van der Waals surface area contributed by atoms with E-state index in [0.717, 1.165) is 11.5 Å². The van der Waals surface area contributed by atoms with Gasteiger partial charge in [-0.15, -0.1) is 0 Å². The third-order valence-electron chi connectivity index (χ3n) is 1.96. The minimum Gasteiger partial charge on any atom is -0.402 e. The Morgan fingerprint density at radius 2 is 2.13 bits per heavy atom. The highest BCUT2D eigenvalue weighted by atomic mass is 35.5. The van der Waals surface area contributed by atoms with Gasteiger partial charge in [0.1, 0.15) is 0 Å². The first-order valence-electron chi connectivity index (χ1n) is 4.69. The van der Waals surface area contributed by atoms with E-state index in [9.17, 15) is 4.79 Å². The van der Waals surface area contributed by atoms with Gasteiger partial charge in [0.25, 0.3) is 5.91 Å². The van der Waals surface area contributed by atoms with Crippen molar-refractivity contribution in [2.75, 3.05) is 11.5 Å². The number of rotatable bonds is 3. The molecule has 0 spiro atoms. The van der Waals surface area contributed by atoms with Crippen LogP contribution in [0.2, 0.25) is 0 Å². The molecular formula is C10H15ClN2OS. The predicted octanol–water partition coefficient (Wildman–Crippen LogP) is 1.59. The summed E-state index contributed by atoms with van der Waals surface area (Å²) < 4.78 is 0. The van der Waals surface area contributed by atoms with Gasteiger partial charge in [-0.25, -0.2) is 0 Å². The number of hydrogen-bond donors (Lipinski definition) is 2. The molecule has 0 atom stereocenters. The summed E-state index contributed by atoms with van der Waals surface area (Å²) in [5.41, 5.74) is 6.56. The standard InChI is InChI=1S/C10H15ClN2OS/c1-6(12)3-9(7(2)11)10(14)13-8-4-15-5-8/h3,8H,4-5,12H2,1-2H3,(H,13,14)/b6-3+,9-7-. The van der Waals surface area contributed by atoms with E-state index < -0.39 is 0 Å². The average molecular weight is 247 g/mol. The van der Waals surface area contributed by atoms with Crippen LogP contribution in [0, 0.1) is 0 Å². The Kier molecular flexibility index (Phi) is 4.54. The van der Waals surface area contributed by atoms with E-state index in [1.54, 1.807) is 19.9 Å². The molecule has 0 aromatic carbocycles. The first kappa shape index (κ1) is 12.5. The van der Waals surface area contributed by atoms with Crippen molar-refractivity contribution in [1.82, 2.24) is 5.32 Å². The lowest BCUT2D eigenvalue weighted by Gasteiger charge is -2.26. The number of thioether (sulfide) groups is 1. The summed E-state index contributed by atoms with van der Waals surface area (Å²) in [4.78, 5) is 11.8. The topological polar surface area (TPSA) is 55.1 Å². The zero-order chi connectivity index (χ0) is 11.4. The molecule has 84 valence electrons. The fraction of sp³-hybridized carbons (Fsp3) is 0.500. The van der Waals surface area contributed by atoms with Crippen LogP contribution in [0.25, 0.3) is 0 Å². The van der Waals surface area contributed by atoms with Crippen molar-refractivity contribution >= 4 is 29.3 Å². The van der Waals surface area contributed by atoms with Crippen LogP contribution in [0.15, 0.2) is 22.4 Å². The molecule has 1 amide bonds. The lowest BCUT2D eigenvalue weighted by atomic mass is 10.2. The van der Waals surface area contributed by atoms with Gasteiger partial charge in [-0.1, -0.05) is 11.6 Å². The second kappa shape index (κ2) is 5.47. The highest BCUT2D eigenvalue weighted by Crippen LogP contribution is 2.19. The van der Waals surface area contributed by atoms with Crippen LogP contribution in [0.1, 0.15) is 13.8 Å². The number of carbonyl (C=O) groups is 1. The molecule has 15 heavy (non-hydrogen) atoms. The first-order chi connectivity index (χ1) is 7.00. The first-order valence-corrected chi connectivity index (χ1v) is 6.22. The molecular weight excluding hydrogens is 232 g/mol. The molecule has 1 saturated heterocycles. The third kappa shape index (κ3) is 3.80. The third-order valence-corrected chi connectivity index (χ3v) is 3.44. The Labute approximate surface area is 99.1 Å². The molecule has 1 aliphatic rings. The summed E-state index contributed by atoms with van der Waals surface area (Å²) in [5.74, 6) is 1.81. The molecule has 0 unspecified atom stereocenters. The Hall–Kier alpha value is -0.610. The highest BCUT2D eigenvalue weighted by Gasteiger charge is 2.21. The van der Waals surface area contributed by atoms with Crippen LogP contribution in [-0.2, 0) is 4.79 Å². The lowest BCUT2D eigenvalue weighted by Crippen LogP contribution is -2.44. The highest BCUT2D eigenvalue weighted by molar-refractivity contribution is 8.00. The van der Waals surface area contributed by atoms with Crippen LogP contribution in [0.4, 0.5) is 0 Å². The quantitative estimate of drug-likeness (QED) is 0.588. The van der Waals surface area contributed by atoms with Gasteiger partial charge in [0.15, 0.2) is 0 Å². The molecule has 1 heterocycles. The minimum atomic E-state index is -0.141. The number of nitrogens with two attached hydrogens (primary N) is 1. The van der Waals surface area contributed by atoms with Gasteiger partial charge in [0.05, 0.1) is 5.57 Å². The Morgan fingerprint density at radius 3 is 2.47 bits per heavy atom. The molecule has 0 radical (unpaired) electrons. The number of halogens is 1. The maximum Gasteiger partial charge on any atom is 0.252 e. The molecule has 0 bridgehead atoms. The average Bonchev–Trinajstić information content (AvgIpc) is 2.06. The summed E-state index contributed by atoms with van der Waals surface area (Å²) in [6.07, 6.45) is 1.60. The summed E-state index contributed by atoms with van der Waals surface area (Å²) in [5, 5.41) is 3.36. The smallest absolute Gasteiger partial charge is 0.252 e. The second-order valence-electron chi connectivity index (χ2n) is 3.54. The van der Waals surface area contributed by atoms with E-state index in [0.29, 0.717) is 16.3 Å². The van der Waals surface area contributed by atoms with Gasteiger partial charge in [0.2, 0.25) is 0 Å². The predicted molar refractivity (Wildman–Crippen MR) is 65.8 cm³/mol. The van der Waals surface area contributed by atoms with Gasteiger partial charge in [-0.05, 0) is 19.9 Å². The van der Waals surface area contributed by atoms with Gasteiger partial charge in [-0.3, -0.25) is 4.79 Å². The molecule has 5 heteroatoms. The maximum atomic E-state index is 11.8. The molecule has 3 N–H and O–H groups in total. The van der Waals surface area contributed by atoms with Crippen molar-refractivity contribution in [3.05, 3.63) is 22.4 Å². The van der Waals surface area contributed by atoms with Crippen molar-refractivity contribution in [2.45, 2.75) is 19.9 Å². The molecule has 1 aliphatic heterocycles. The molecule has 1 rings (SSSR count). The van der Waals surface area contributed by atoms with Gasteiger partial charge in [0, 0.05) is 28.3 Å². The number of nitrogens with one attached hydrogen (secondary N) is 1. The van der Waals surface area contributed by atoms with E-state index in [-0.39, 0.29) is 11.9 Å². The number of carbonyl (C=O) groups excluding carboxylic acids is 1. The fourth-order valence-corrected chi connectivity index (χ4v) is 1.91. The summed E-state index contributed by atoms with van der Waals surface area (Å²) in [6, 6.07) is 0.278. The van der Waals surface area contributed by atoms with Crippen LogP contribution < -0.4 is 11.1 Å². The van der Waals surface area contributed by atoms with Gasteiger partial charge >= 0.3 is 0 Å². The normalized spacial score (nSPS) is 19.3. The van der Waals surface area contributed by atoms with Gasteiger partial charge in [-0.2, -0.15) is 11.8 Å². The number of hydrogen-bond acceptors (Lipinski definition) is 3. The van der Waals surface area contributed by atoms with Crippen LogP contribution >= 0.6 is 23.4 Å². The lowest BCUT2D eigenvalue weighted by molar-refractivity contribution is -0.117. The van der Waals surface area contributed by atoms with Gasteiger partial charge < -0.3 is 11.1 Å². The summed E-state index contributed by atoms with van der Waals surface area (Å²) >= 11 is 7.66. The van der Waals surface area contributed by atoms with E-state index in [1.807, 2.05) is 11.8 Å². The fourth-order valence-electron chi connectivity index (χ4n) is 1.13. The van der Waals surface area contributed by atoms with E-state index in [1.165, 1.54) is 0 Å². The van der Waals surface area contributed by atoms with Crippen molar-refractivity contribution in [3.8, 4) is 0 Å². The van der Waals surface area contributed by atoms with Crippen LogP contribution in [-0.4, -0.2) is 23.5 Å². The monoisotopic (exact) mass is 246 g/mol. The molecule has 3 nitrogen and oxygen atoms in total. The molecule has 1 fully saturated rings. The van der Waals surface area contributed by atoms with E-state index in [4.69, 9.17) is 17.3 Å². The van der Waals surface area contributed by atoms with Crippen molar-refractivity contribution in [3.63, 3.8) is 0 Å². The van der Waals surface area contributed by atoms with Crippen molar-refractivity contribution < 1.29 is 4.79 Å². The number of amides is 1. The summed E-state index contributed by atoms with van der Waals surface area (Å²) in [7, 11) is 0. The van der Waals surface area contributed by atoms with E-state index in [2.05, 4.69) is 5.32 Å². The zero-order valence-electron chi connectivity index (χ0n) is 8.84. The van der Waals surface area contributed by atoms with Crippen LogP contribution in [0.5, 0.6) is 0 Å². The summed E-state index contributed by atoms with van der Waals surface area (Å²) in [6.45, 7) is 3.41. The Balaban J connectivity index is 2.68. The molecule has 0 aromatic rings. The van der Waals surface area contributed by atoms with Crippen LogP contribution in [0.3, 0.4) is 0 Å². The Bertz CT molecular complexity index is 313. The second-order valence-corrected chi connectivity index (χ2v) is 5.19. The van der Waals surface area contributed by atoms with Crippen molar-refractivity contribution in [1.29, 1.82) is 0 Å². The Morgan fingerprint density at radius 1 is 1.53 bits per heavy atom. The molecule has 0 aromatic heterocycles. The van der Waals surface area contributed by atoms with Crippen molar-refractivity contribution in [2.24, 2.45) is 5.73 Å². The SMILES string of the molecule is C/C(Cl)=C(\C=C(/C)N)C(=O)NC1CSC1. The molecule has 0 aliphatic carbocycles. The maximum absolute atomic E-state index is 11.8.